The summed E-state index contributed by atoms with van der Waals surface area (Å²) in [4.78, 5) is 33.4. The zero-order valence-corrected chi connectivity index (χ0v) is 23.8. The number of allylic oxidation sites excluding steroid dienone is 2. The minimum absolute atomic E-state index is 0.0531. The number of hydrogen-bond acceptors (Lipinski definition) is 6. The molecule has 41 heavy (non-hydrogen) atoms. The van der Waals surface area contributed by atoms with E-state index in [9.17, 15) is 22.8 Å². The molecule has 1 aromatic rings. The van der Waals surface area contributed by atoms with E-state index in [0.717, 1.165) is 30.5 Å². The Hall–Kier alpha value is -3.47. The van der Waals surface area contributed by atoms with Crippen LogP contribution >= 0.6 is 0 Å². The van der Waals surface area contributed by atoms with Crippen molar-refractivity contribution in [3.8, 4) is 0 Å². The number of halogens is 3. The van der Waals surface area contributed by atoms with Gasteiger partial charge in [-0.3, -0.25) is 9.69 Å². The van der Waals surface area contributed by atoms with Crippen LogP contribution in [0.3, 0.4) is 0 Å². The number of carbonyl (C=O) groups is 2. The van der Waals surface area contributed by atoms with Gasteiger partial charge >= 0.3 is 12.3 Å². The second kappa shape index (κ2) is 11.4. The summed E-state index contributed by atoms with van der Waals surface area (Å²) in [5.41, 5.74) is 1.40. The number of nitrogens with zero attached hydrogens (tertiary/aromatic N) is 4. The van der Waals surface area contributed by atoms with E-state index >= 15 is 0 Å². The fourth-order valence-corrected chi connectivity index (χ4v) is 5.60. The lowest BCUT2D eigenvalue weighted by atomic mass is 9.88. The number of amides is 2. The Balaban J connectivity index is 1.11. The van der Waals surface area contributed by atoms with Gasteiger partial charge in [0.1, 0.15) is 17.5 Å². The molecule has 8 nitrogen and oxygen atoms in total. The van der Waals surface area contributed by atoms with E-state index in [1.807, 2.05) is 36.8 Å². The van der Waals surface area contributed by atoms with Crippen LogP contribution < -0.4 is 5.32 Å². The molecule has 5 rings (SSSR count). The molecule has 1 unspecified atom stereocenters. The minimum atomic E-state index is -4.34. The van der Waals surface area contributed by atoms with Gasteiger partial charge in [-0.15, -0.1) is 0 Å². The van der Waals surface area contributed by atoms with Crippen molar-refractivity contribution in [2.24, 2.45) is 5.92 Å². The van der Waals surface area contributed by atoms with E-state index in [0.29, 0.717) is 57.4 Å². The number of likely N-dealkylation sites (tertiary alicyclic amines) is 1. The molecule has 2 fully saturated rings. The normalized spacial score (nSPS) is 22.2. The molecule has 0 aromatic heterocycles. The average Bonchev–Trinajstić information content (AvgIpc) is 3.36. The first-order valence-electron chi connectivity index (χ1n) is 14.2. The van der Waals surface area contributed by atoms with Crippen LogP contribution in [0.15, 0.2) is 60.1 Å². The van der Waals surface area contributed by atoms with Gasteiger partial charge in [0.25, 0.3) is 5.91 Å². The van der Waals surface area contributed by atoms with Crippen molar-refractivity contribution in [1.82, 2.24) is 24.9 Å². The molecule has 0 radical (unpaired) electrons. The predicted molar refractivity (Wildman–Crippen MR) is 148 cm³/mol. The molecule has 0 bridgehead atoms. The number of nitrogens with one attached hydrogen (secondary N) is 1. The maximum Gasteiger partial charge on any atom is 0.416 e. The summed E-state index contributed by atoms with van der Waals surface area (Å²) in [5, 5.41) is 3.32. The van der Waals surface area contributed by atoms with Crippen LogP contribution in [0.1, 0.15) is 44.7 Å². The minimum Gasteiger partial charge on any atom is -0.444 e. The number of alkyl halides is 3. The van der Waals surface area contributed by atoms with Gasteiger partial charge in [0.2, 0.25) is 0 Å². The largest absolute Gasteiger partial charge is 0.444 e. The second-order valence-corrected chi connectivity index (χ2v) is 12.1. The van der Waals surface area contributed by atoms with Gasteiger partial charge in [-0.25, -0.2) is 4.79 Å². The summed E-state index contributed by atoms with van der Waals surface area (Å²) in [6.45, 7) is 9.87. The van der Waals surface area contributed by atoms with Crippen molar-refractivity contribution in [1.29, 1.82) is 0 Å². The van der Waals surface area contributed by atoms with Crippen molar-refractivity contribution in [2.45, 2.75) is 58.1 Å². The van der Waals surface area contributed by atoms with Crippen molar-refractivity contribution in [3.05, 3.63) is 71.2 Å². The van der Waals surface area contributed by atoms with Crippen molar-refractivity contribution >= 4 is 12.0 Å². The van der Waals surface area contributed by atoms with Crippen molar-refractivity contribution < 1.29 is 27.5 Å². The number of ether oxygens (including phenoxy) is 1. The van der Waals surface area contributed by atoms with Crippen LogP contribution in [0.2, 0.25) is 0 Å². The number of carbonyl (C=O) groups excluding carboxylic acids is 2. The molecule has 1 N–H and O–H groups in total. The summed E-state index contributed by atoms with van der Waals surface area (Å²) in [6.07, 6.45) is 5.13. The van der Waals surface area contributed by atoms with E-state index in [-0.39, 0.29) is 18.2 Å². The quantitative estimate of drug-likeness (QED) is 0.572. The summed E-state index contributed by atoms with van der Waals surface area (Å²) < 4.78 is 44.0. The van der Waals surface area contributed by atoms with Crippen LogP contribution in [0.5, 0.6) is 0 Å². The van der Waals surface area contributed by atoms with Gasteiger partial charge in [-0.2, -0.15) is 13.2 Å². The van der Waals surface area contributed by atoms with Crippen LogP contribution in [-0.4, -0.2) is 82.6 Å². The molecule has 2 amide bonds. The fraction of sp³-hybridized carbons (Fsp3) is 0.533. The summed E-state index contributed by atoms with van der Waals surface area (Å²) in [5.74, 6) is 0.277. The SMILES string of the molecule is CC(C)(C)OC(=O)N1CCC(C2=CN3C=C(C(=O)N4CCN(Cc5ccc(C(F)(F)F)cc5)CC4)NC3C=C2)CC1. The van der Waals surface area contributed by atoms with E-state index in [2.05, 4.69) is 28.6 Å². The van der Waals surface area contributed by atoms with Gasteiger partial charge in [-0.1, -0.05) is 18.2 Å². The molecular weight excluding hydrogens is 535 g/mol. The second-order valence-electron chi connectivity index (χ2n) is 12.1. The Morgan fingerprint density at radius 2 is 1.59 bits per heavy atom. The zero-order valence-electron chi connectivity index (χ0n) is 23.8. The molecule has 222 valence electrons. The van der Waals surface area contributed by atoms with Gasteiger partial charge in [0.05, 0.1) is 5.56 Å². The first kappa shape index (κ1) is 29.0. The smallest absolute Gasteiger partial charge is 0.416 e. The number of fused-ring (bicyclic) bond motifs is 1. The molecule has 4 aliphatic rings. The Kier molecular flexibility index (Phi) is 8.09. The Morgan fingerprint density at radius 3 is 2.20 bits per heavy atom. The molecule has 0 spiro atoms. The molecule has 11 heteroatoms. The topological polar surface area (TPSA) is 68.4 Å². The number of piperidine rings is 1. The summed E-state index contributed by atoms with van der Waals surface area (Å²) in [6, 6.07) is 5.26. The van der Waals surface area contributed by atoms with Gasteiger partial charge in [-0.05, 0) is 68.9 Å². The average molecular weight is 574 g/mol. The maximum absolute atomic E-state index is 13.3. The third-order valence-corrected chi connectivity index (χ3v) is 7.87. The van der Waals surface area contributed by atoms with Crippen LogP contribution in [0.25, 0.3) is 0 Å². The van der Waals surface area contributed by atoms with E-state index in [4.69, 9.17) is 4.74 Å². The van der Waals surface area contributed by atoms with Crippen molar-refractivity contribution in [3.63, 3.8) is 0 Å². The third-order valence-electron chi connectivity index (χ3n) is 7.87. The van der Waals surface area contributed by atoms with Gasteiger partial charge in [0.15, 0.2) is 0 Å². The lowest BCUT2D eigenvalue weighted by Gasteiger charge is -2.35. The van der Waals surface area contributed by atoms with Crippen LogP contribution in [0.4, 0.5) is 18.0 Å². The predicted octanol–water partition coefficient (Wildman–Crippen LogP) is 4.52. The Bertz CT molecular complexity index is 1220. The van der Waals surface area contributed by atoms with Gasteiger partial charge < -0.3 is 24.8 Å². The van der Waals surface area contributed by atoms with Crippen LogP contribution in [-0.2, 0) is 22.3 Å². The molecule has 2 saturated heterocycles. The molecule has 1 aromatic carbocycles. The standard InChI is InChI=1S/C30H38F3N5O3/c1-29(2,3)41-28(40)37-12-10-22(11-13-37)23-6-9-26-34-25(20-38(26)19-23)27(39)36-16-14-35(15-17-36)18-21-4-7-24(8-5-21)30(31,32)33/h4-9,19-20,22,26,34H,10-18H2,1-3H3. The first-order valence-corrected chi connectivity index (χ1v) is 14.2. The lowest BCUT2D eigenvalue weighted by Crippen LogP contribution is -2.49. The highest BCUT2D eigenvalue weighted by atomic mass is 19.4. The Morgan fingerprint density at radius 1 is 0.927 bits per heavy atom. The van der Waals surface area contributed by atoms with Crippen LogP contribution in [0, 0.1) is 5.92 Å². The molecule has 1 atom stereocenters. The van der Waals surface area contributed by atoms with E-state index in [1.165, 1.54) is 17.7 Å². The molecule has 4 aliphatic heterocycles. The molecule has 0 aliphatic carbocycles. The third kappa shape index (κ3) is 7.06. The van der Waals surface area contributed by atoms with E-state index < -0.39 is 17.3 Å². The number of rotatable bonds is 4. The number of piperazine rings is 1. The lowest BCUT2D eigenvalue weighted by molar-refractivity contribution is -0.137. The monoisotopic (exact) mass is 573 g/mol. The molecule has 4 heterocycles. The van der Waals surface area contributed by atoms with Crippen molar-refractivity contribution in [2.75, 3.05) is 39.3 Å². The Labute approximate surface area is 239 Å². The summed E-state index contributed by atoms with van der Waals surface area (Å²) >= 11 is 0. The highest BCUT2D eigenvalue weighted by Crippen LogP contribution is 2.31. The molecular formula is C30H38F3N5O3. The zero-order chi connectivity index (χ0) is 29.4. The summed E-state index contributed by atoms with van der Waals surface area (Å²) in [7, 11) is 0. The number of benzene rings is 1. The fourth-order valence-electron chi connectivity index (χ4n) is 5.60. The number of hydrogen-bond donors (Lipinski definition) is 1. The highest BCUT2D eigenvalue weighted by molar-refractivity contribution is 5.93. The molecule has 0 saturated carbocycles. The highest BCUT2D eigenvalue weighted by Gasteiger charge is 2.34. The maximum atomic E-state index is 13.3. The van der Waals surface area contributed by atoms with E-state index in [1.54, 1.807) is 4.90 Å². The first-order chi connectivity index (χ1) is 19.4. The van der Waals surface area contributed by atoms with Gasteiger partial charge in [0, 0.05) is 58.2 Å².